The minimum Gasteiger partial charge on any atom is -0.349 e. The zero-order chi connectivity index (χ0) is 14.8. The number of amides is 1. The average Bonchev–Trinajstić information content (AvgIpc) is 2.84. The molecular formula is C17H24BrNO. The standard InChI is InChI=1S/C17H24BrNO/c1-17(2,3)15(9-10-18)19-16(20)14-8-7-12-5-4-6-13(12)11-14/h7-8,11,15H,4-6,9-10H2,1-3H3,(H,19,20). The molecule has 0 spiro atoms. The average molecular weight is 338 g/mol. The van der Waals surface area contributed by atoms with E-state index in [-0.39, 0.29) is 17.4 Å². The van der Waals surface area contributed by atoms with Crippen LogP contribution in [0.3, 0.4) is 0 Å². The number of rotatable bonds is 4. The lowest BCUT2D eigenvalue weighted by Gasteiger charge is -2.31. The largest absolute Gasteiger partial charge is 0.349 e. The van der Waals surface area contributed by atoms with Crippen molar-refractivity contribution in [3.8, 4) is 0 Å². The SMILES string of the molecule is CC(C)(C)C(CCBr)NC(=O)c1ccc2c(c1)CCC2. The Hall–Kier alpha value is -0.830. The number of hydrogen-bond acceptors (Lipinski definition) is 1. The Labute approximate surface area is 130 Å². The number of nitrogens with one attached hydrogen (secondary N) is 1. The maximum atomic E-state index is 12.5. The molecule has 0 bridgehead atoms. The van der Waals surface area contributed by atoms with Crippen LogP contribution in [-0.2, 0) is 12.8 Å². The fourth-order valence-corrected chi connectivity index (χ4v) is 3.24. The summed E-state index contributed by atoms with van der Waals surface area (Å²) in [6.07, 6.45) is 4.43. The van der Waals surface area contributed by atoms with Crippen molar-refractivity contribution >= 4 is 21.8 Å². The van der Waals surface area contributed by atoms with Crippen molar-refractivity contribution in [3.63, 3.8) is 0 Å². The second kappa shape index (κ2) is 6.30. The predicted molar refractivity (Wildman–Crippen MR) is 87.6 cm³/mol. The molecule has 1 aliphatic rings. The molecule has 1 amide bonds. The van der Waals surface area contributed by atoms with Gasteiger partial charge in [0.25, 0.3) is 5.91 Å². The molecule has 3 heteroatoms. The molecule has 2 nitrogen and oxygen atoms in total. The third-order valence-electron chi connectivity index (χ3n) is 4.11. The molecule has 1 aromatic rings. The van der Waals surface area contributed by atoms with Crippen molar-refractivity contribution < 1.29 is 4.79 Å². The van der Waals surface area contributed by atoms with Gasteiger partial charge in [-0.1, -0.05) is 42.8 Å². The molecule has 1 aromatic carbocycles. The summed E-state index contributed by atoms with van der Waals surface area (Å²) >= 11 is 3.48. The first-order valence-corrected chi connectivity index (χ1v) is 8.52. The fourth-order valence-electron chi connectivity index (χ4n) is 2.79. The summed E-state index contributed by atoms with van der Waals surface area (Å²) in [6.45, 7) is 6.51. The van der Waals surface area contributed by atoms with Gasteiger partial charge in [-0.3, -0.25) is 4.79 Å². The molecule has 1 atom stereocenters. The van der Waals surface area contributed by atoms with Crippen molar-refractivity contribution in [2.24, 2.45) is 5.41 Å². The second-order valence-electron chi connectivity index (χ2n) is 6.71. The quantitative estimate of drug-likeness (QED) is 0.823. The number of aryl methyl sites for hydroxylation is 2. The Kier molecular flexibility index (Phi) is 4.90. The van der Waals surface area contributed by atoms with Crippen LogP contribution in [0.4, 0.5) is 0 Å². The van der Waals surface area contributed by atoms with Crippen LogP contribution in [0.15, 0.2) is 18.2 Å². The molecule has 1 aliphatic carbocycles. The summed E-state index contributed by atoms with van der Waals surface area (Å²) in [6, 6.07) is 6.34. The minimum absolute atomic E-state index is 0.0561. The van der Waals surface area contributed by atoms with Crippen LogP contribution in [0.25, 0.3) is 0 Å². The van der Waals surface area contributed by atoms with E-state index in [0.29, 0.717) is 0 Å². The second-order valence-corrected chi connectivity index (χ2v) is 7.50. The van der Waals surface area contributed by atoms with Gasteiger partial charge in [0.2, 0.25) is 0 Å². The van der Waals surface area contributed by atoms with Crippen molar-refractivity contribution in [1.29, 1.82) is 0 Å². The van der Waals surface area contributed by atoms with Gasteiger partial charge in [-0.05, 0) is 54.4 Å². The molecule has 1 N–H and O–H groups in total. The van der Waals surface area contributed by atoms with Crippen LogP contribution >= 0.6 is 15.9 Å². The molecule has 20 heavy (non-hydrogen) atoms. The number of alkyl halides is 1. The molecule has 0 aromatic heterocycles. The predicted octanol–water partition coefficient (Wildman–Crippen LogP) is 4.10. The molecule has 110 valence electrons. The lowest BCUT2D eigenvalue weighted by atomic mass is 9.85. The van der Waals surface area contributed by atoms with E-state index in [2.05, 4.69) is 54.2 Å². The first kappa shape index (κ1) is 15.6. The smallest absolute Gasteiger partial charge is 0.251 e. The van der Waals surface area contributed by atoms with E-state index in [9.17, 15) is 4.79 Å². The van der Waals surface area contributed by atoms with Gasteiger partial charge in [0, 0.05) is 16.9 Å². The van der Waals surface area contributed by atoms with Crippen LogP contribution in [0.2, 0.25) is 0 Å². The molecule has 0 saturated carbocycles. The number of fused-ring (bicyclic) bond motifs is 1. The summed E-state index contributed by atoms with van der Waals surface area (Å²) in [7, 11) is 0. The van der Waals surface area contributed by atoms with Gasteiger partial charge in [-0.2, -0.15) is 0 Å². The Morgan fingerprint density at radius 3 is 2.65 bits per heavy atom. The van der Waals surface area contributed by atoms with Gasteiger partial charge in [0.1, 0.15) is 0 Å². The van der Waals surface area contributed by atoms with E-state index in [1.54, 1.807) is 0 Å². The Bertz CT molecular complexity index is 490. The minimum atomic E-state index is 0.0561. The highest BCUT2D eigenvalue weighted by Crippen LogP contribution is 2.25. The van der Waals surface area contributed by atoms with Gasteiger partial charge in [-0.25, -0.2) is 0 Å². The zero-order valence-corrected chi connectivity index (χ0v) is 14.2. The van der Waals surface area contributed by atoms with Crippen molar-refractivity contribution in [1.82, 2.24) is 5.32 Å². The molecule has 2 rings (SSSR count). The maximum Gasteiger partial charge on any atom is 0.251 e. The van der Waals surface area contributed by atoms with E-state index in [0.717, 1.165) is 30.2 Å². The highest BCUT2D eigenvalue weighted by molar-refractivity contribution is 9.09. The van der Waals surface area contributed by atoms with Gasteiger partial charge < -0.3 is 5.32 Å². The monoisotopic (exact) mass is 337 g/mol. The molecule has 0 fully saturated rings. The maximum absolute atomic E-state index is 12.5. The highest BCUT2D eigenvalue weighted by Gasteiger charge is 2.26. The topological polar surface area (TPSA) is 29.1 Å². The Morgan fingerprint density at radius 1 is 1.30 bits per heavy atom. The van der Waals surface area contributed by atoms with E-state index in [4.69, 9.17) is 0 Å². The lowest BCUT2D eigenvalue weighted by Crippen LogP contribution is -2.44. The Balaban J connectivity index is 2.11. The van der Waals surface area contributed by atoms with Crippen LogP contribution < -0.4 is 5.32 Å². The van der Waals surface area contributed by atoms with Gasteiger partial charge in [0.05, 0.1) is 0 Å². The summed E-state index contributed by atoms with van der Waals surface area (Å²) in [5, 5.41) is 4.10. The molecule has 1 unspecified atom stereocenters. The van der Waals surface area contributed by atoms with Gasteiger partial charge in [-0.15, -0.1) is 0 Å². The number of carbonyl (C=O) groups excluding carboxylic acids is 1. The van der Waals surface area contributed by atoms with Crippen molar-refractivity contribution in [2.75, 3.05) is 5.33 Å². The van der Waals surface area contributed by atoms with E-state index in [1.165, 1.54) is 17.5 Å². The summed E-state index contributed by atoms with van der Waals surface area (Å²) in [5.41, 5.74) is 3.63. The summed E-state index contributed by atoms with van der Waals surface area (Å²) < 4.78 is 0. The third kappa shape index (κ3) is 3.63. The lowest BCUT2D eigenvalue weighted by molar-refractivity contribution is 0.0900. The number of halogens is 1. The van der Waals surface area contributed by atoms with Crippen LogP contribution in [0.1, 0.15) is 55.1 Å². The van der Waals surface area contributed by atoms with Crippen molar-refractivity contribution in [3.05, 3.63) is 34.9 Å². The zero-order valence-electron chi connectivity index (χ0n) is 12.6. The van der Waals surface area contributed by atoms with E-state index >= 15 is 0 Å². The highest BCUT2D eigenvalue weighted by atomic mass is 79.9. The van der Waals surface area contributed by atoms with E-state index in [1.807, 2.05) is 6.07 Å². The van der Waals surface area contributed by atoms with Crippen LogP contribution in [0.5, 0.6) is 0 Å². The fraction of sp³-hybridized carbons (Fsp3) is 0.588. The first-order valence-electron chi connectivity index (χ1n) is 7.40. The summed E-state index contributed by atoms with van der Waals surface area (Å²) in [4.78, 5) is 12.5. The molecule has 0 aliphatic heterocycles. The van der Waals surface area contributed by atoms with Gasteiger partial charge in [0.15, 0.2) is 0 Å². The van der Waals surface area contributed by atoms with Crippen LogP contribution in [0, 0.1) is 5.41 Å². The number of carbonyl (C=O) groups is 1. The Morgan fingerprint density at radius 2 is 2.00 bits per heavy atom. The van der Waals surface area contributed by atoms with Gasteiger partial charge >= 0.3 is 0 Å². The molecular weight excluding hydrogens is 314 g/mol. The third-order valence-corrected chi connectivity index (χ3v) is 4.57. The number of benzene rings is 1. The first-order chi connectivity index (χ1) is 9.41. The number of hydrogen-bond donors (Lipinski definition) is 1. The van der Waals surface area contributed by atoms with Crippen molar-refractivity contribution in [2.45, 2.75) is 52.5 Å². The molecule has 0 radical (unpaired) electrons. The van der Waals surface area contributed by atoms with E-state index < -0.39 is 0 Å². The summed E-state index contributed by atoms with van der Waals surface area (Å²) in [5.74, 6) is 0.0561. The molecule has 0 saturated heterocycles. The normalized spacial score (nSPS) is 15.8. The molecule has 0 heterocycles. The van der Waals surface area contributed by atoms with Crippen LogP contribution in [-0.4, -0.2) is 17.3 Å².